The van der Waals surface area contributed by atoms with Crippen molar-refractivity contribution in [3.05, 3.63) is 88.2 Å². The molecule has 31 heavy (non-hydrogen) atoms. The Labute approximate surface area is 181 Å². The van der Waals surface area contributed by atoms with Gasteiger partial charge in [0.15, 0.2) is 5.13 Å². The van der Waals surface area contributed by atoms with Crippen molar-refractivity contribution < 1.29 is 14.5 Å². The SMILES string of the molecule is COc1ccc2nc(N(Cc3ccccn3)C(=O)Cc3ccc([N+](=O)[O-])cc3)sc2c1. The molecule has 1 amide bonds. The zero-order valence-corrected chi connectivity index (χ0v) is 17.4. The third kappa shape index (κ3) is 4.67. The first kappa shape index (κ1) is 20.4. The van der Waals surface area contributed by atoms with Crippen LogP contribution >= 0.6 is 11.3 Å². The van der Waals surface area contributed by atoms with Crippen molar-refractivity contribution in [3.8, 4) is 5.75 Å². The van der Waals surface area contributed by atoms with Gasteiger partial charge in [0, 0.05) is 18.3 Å². The summed E-state index contributed by atoms with van der Waals surface area (Å²) in [6, 6.07) is 17.1. The predicted molar refractivity (Wildman–Crippen MR) is 118 cm³/mol. The minimum atomic E-state index is -0.464. The number of pyridine rings is 1. The van der Waals surface area contributed by atoms with Gasteiger partial charge in [-0.1, -0.05) is 29.5 Å². The monoisotopic (exact) mass is 434 g/mol. The van der Waals surface area contributed by atoms with E-state index in [1.165, 1.54) is 23.5 Å². The maximum absolute atomic E-state index is 13.2. The Bertz CT molecular complexity index is 1230. The van der Waals surface area contributed by atoms with Crippen LogP contribution in [0.15, 0.2) is 66.9 Å². The second-order valence-corrected chi connectivity index (χ2v) is 7.74. The lowest BCUT2D eigenvalue weighted by Crippen LogP contribution is -2.32. The van der Waals surface area contributed by atoms with Crippen LogP contribution in [0.4, 0.5) is 10.8 Å². The molecule has 0 aliphatic heterocycles. The molecule has 0 aliphatic carbocycles. The summed E-state index contributed by atoms with van der Waals surface area (Å²) < 4.78 is 6.19. The van der Waals surface area contributed by atoms with Gasteiger partial charge in [0.25, 0.3) is 5.69 Å². The fourth-order valence-electron chi connectivity index (χ4n) is 3.06. The first-order valence-electron chi connectivity index (χ1n) is 9.41. The quantitative estimate of drug-likeness (QED) is 0.316. The van der Waals surface area contributed by atoms with Gasteiger partial charge in [-0.2, -0.15) is 0 Å². The average molecular weight is 434 g/mol. The van der Waals surface area contributed by atoms with Crippen LogP contribution in [-0.4, -0.2) is 27.9 Å². The lowest BCUT2D eigenvalue weighted by molar-refractivity contribution is -0.384. The number of rotatable bonds is 7. The average Bonchev–Trinajstić information content (AvgIpc) is 3.21. The molecule has 0 saturated heterocycles. The maximum atomic E-state index is 13.2. The Morgan fingerprint density at radius 2 is 1.97 bits per heavy atom. The van der Waals surface area contributed by atoms with E-state index in [2.05, 4.69) is 9.97 Å². The molecule has 0 unspecified atom stereocenters. The molecule has 0 bridgehead atoms. The fourth-order valence-corrected chi connectivity index (χ4v) is 4.07. The minimum absolute atomic E-state index is 0.0124. The molecule has 2 heterocycles. The number of fused-ring (bicyclic) bond motifs is 1. The third-order valence-corrected chi connectivity index (χ3v) is 5.71. The summed E-state index contributed by atoms with van der Waals surface area (Å²) in [5.41, 5.74) is 2.18. The molecule has 0 spiro atoms. The number of aromatic nitrogens is 2. The van der Waals surface area contributed by atoms with Crippen LogP contribution < -0.4 is 9.64 Å². The number of benzene rings is 2. The maximum Gasteiger partial charge on any atom is 0.269 e. The highest BCUT2D eigenvalue weighted by atomic mass is 32.1. The van der Waals surface area contributed by atoms with Gasteiger partial charge in [0.05, 0.1) is 40.9 Å². The highest BCUT2D eigenvalue weighted by molar-refractivity contribution is 7.22. The van der Waals surface area contributed by atoms with Crippen LogP contribution in [-0.2, 0) is 17.8 Å². The van der Waals surface area contributed by atoms with Crippen molar-refractivity contribution in [2.45, 2.75) is 13.0 Å². The third-order valence-electron chi connectivity index (χ3n) is 4.67. The largest absolute Gasteiger partial charge is 0.497 e. The Kier molecular flexibility index (Phi) is 5.85. The van der Waals surface area contributed by atoms with Crippen LogP contribution in [0, 0.1) is 10.1 Å². The first-order chi connectivity index (χ1) is 15.0. The number of hydrogen-bond donors (Lipinski definition) is 0. The molecule has 0 atom stereocenters. The van der Waals surface area contributed by atoms with Crippen LogP contribution in [0.1, 0.15) is 11.3 Å². The number of carbonyl (C=O) groups excluding carboxylic acids is 1. The normalized spacial score (nSPS) is 10.7. The van der Waals surface area contributed by atoms with E-state index >= 15 is 0 Å². The van der Waals surface area contributed by atoms with Crippen molar-refractivity contribution >= 4 is 38.3 Å². The molecule has 4 aromatic rings. The van der Waals surface area contributed by atoms with Gasteiger partial charge in [0.2, 0.25) is 5.91 Å². The molecule has 0 aliphatic rings. The summed E-state index contributed by atoms with van der Waals surface area (Å²) in [6.45, 7) is 0.267. The van der Waals surface area contributed by atoms with E-state index < -0.39 is 4.92 Å². The number of non-ortho nitro benzene ring substituents is 1. The van der Waals surface area contributed by atoms with E-state index in [9.17, 15) is 14.9 Å². The molecule has 156 valence electrons. The van der Waals surface area contributed by atoms with Crippen LogP contribution in [0.3, 0.4) is 0 Å². The number of amides is 1. The number of ether oxygens (including phenoxy) is 1. The Balaban J connectivity index is 1.65. The van der Waals surface area contributed by atoms with E-state index in [1.54, 1.807) is 30.3 Å². The predicted octanol–water partition coefficient (Wildman–Crippen LogP) is 4.38. The second-order valence-electron chi connectivity index (χ2n) is 6.73. The zero-order chi connectivity index (χ0) is 21.8. The number of nitrogens with zero attached hydrogens (tertiary/aromatic N) is 4. The molecule has 2 aromatic carbocycles. The summed E-state index contributed by atoms with van der Waals surface area (Å²) in [6.07, 6.45) is 1.77. The summed E-state index contributed by atoms with van der Waals surface area (Å²) in [5, 5.41) is 11.4. The topological polar surface area (TPSA) is 98.5 Å². The van der Waals surface area contributed by atoms with E-state index in [0.29, 0.717) is 10.7 Å². The Morgan fingerprint density at radius 3 is 2.65 bits per heavy atom. The Morgan fingerprint density at radius 1 is 1.16 bits per heavy atom. The minimum Gasteiger partial charge on any atom is -0.497 e. The summed E-state index contributed by atoms with van der Waals surface area (Å²) in [7, 11) is 1.60. The highest BCUT2D eigenvalue weighted by Crippen LogP contribution is 2.32. The van der Waals surface area contributed by atoms with Crippen molar-refractivity contribution in [2.24, 2.45) is 0 Å². The van der Waals surface area contributed by atoms with E-state index in [-0.39, 0.29) is 24.6 Å². The van der Waals surface area contributed by atoms with Crippen LogP contribution in [0.5, 0.6) is 5.75 Å². The van der Waals surface area contributed by atoms with E-state index in [1.807, 2.05) is 36.4 Å². The molecule has 0 saturated carbocycles. The van der Waals surface area contributed by atoms with Gasteiger partial charge in [-0.3, -0.25) is 24.8 Å². The molecule has 8 nitrogen and oxygen atoms in total. The molecule has 0 N–H and O–H groups in total. The van der Waals surface area contributed by atoms with Crippen LogP contribution in [0.25, 0.3) is 10.2 Å². The van der Waals surface area contributed by atoms with Crippen molar-refractivity contribution in [1.29, 1.82) is 0 Å². The number of thiazole rings is 1. The lowest BCUT2D eigenvalue weighted by Gasteiger charge is -2.19. The summed E-state index contributed by atoms with van der Waals surface area (Å²) in [5.74, 6) is 0.543. The zero-order valence-electron chi connectivity index (χ0n) is 16.6. The van der Waals surface area contributed by atoms with Crippen molar-refractivity contribution in [2.75, 3.05) is 12.0 Å². The van der Waals surface area contributed by atoms with Gasteiger partial charge >= 0.3 is 0 Å². The lowest BCUT2D eigenvalue weighted by atomic mass is 10.1. The van der Waals surface area contributed by atoms with Gasteiger partial charge in [0.1, 0.15) is 5.75 Å². The molecule has 9 heteroatoms. The number of carbonyl (C=O) groups is 1. The highest BCUT2D eigenvalue weighted by Gasteiger charge is 2.21. The van der Waals surface area contributed by atoms with Gasteiger partial charge in [-0.25, -0.2) is 4.98 Å². The second kappa shape index (κ2) is 8.88. The number of nitro benzene ring substituents is 1. The first-order valence-corrected chi connectivity index (χ1v) is 10.2. The van der Waals surface area contributed by atoms with Gasteiger partial charge in [-0.15, -0.1) is 0 Å². The number of hydrogen-bond acceptors (Lipinski definition) is 7. The molecule has 0 radical (unpaired) electrons. The molecular formula is C22H18N4O4S. The smallest absolute Gasteiger partial charge is 0.269 e. The van der Waals surface area contributed by atoms with Crippen molar-refractivity contribution in [1.82, 2.24) is 9.97 Å². The number of anilines is 1. The van der Waals surface area contributed by atoms with Gasteiger partial charge in [-0.05, 0) is 35.9 Å². The van der Waals surface area contributed by atoms with E-state index in [4.69, 9.17) is 4.74 Å². The van der Waals surface area contributed by atoms with Crippen molar-refractivity contribution in [3.63, 3.8) is 0 Å². The summed E-state index contributed by atoms with van der Waals surface area (Å²) >= 11 is 1.40. The molecular weight excluding hydrogens is 416 g/mol. The Hall–Kier alpha value is -3.85. The molecule has 4 rings (SSSR count). The number of nitro groups is 1. The van der Waals surface area contributed by atoms with Crippen LogP contribution in [0.2, 0.25) is 0 Å². The van der Waals surface area contributed by atoms with E-state index in [0.717, 1.165) is 21.7 Å². The fraction of sp³-hybridized carbons (Fsp3) is 0.136. The molecule has 0 fully saturated rings. The molecule has 2 aromatic heterocycles. The van der Waals surface area contributed by atoms with Gasteiger partial charge < -0.3 is 4.74 Å². The number of methoxy groups -OCH3 is 1. The summed E-state index contributed by atoms with van der Waals surface area (Å²) in [4.78, 5) is 34.2. The standard InChI is InChI=1S/C22H18N4O4S/c1-30-18-9-10-19-20(13-18)31-22(24-19)25(14-16-4-2-3-11-23-16)21(27)12-15-5-7-17(8-6-15)26(28)29/h2-11,13H,12,14H2,1H3.